The molecule has 2 heterocycles. The molecular formula is C25H24N4O3. The lowest BCUT2D eigenvalue weighted by Gasteiger charge is -2.18. The van der Waals surface area contributed by atoms with Crippen molar-refractivity contribution < 1.29 is 14.1 Å². The van der Waals surface area contributed by atoms with Crippen molar-refractivity contribution in [2.75, 3.05) is 18.4 Å². The second-order valence-electron chi connectivity index (χ2n) is 7.38. The fourth-order valence-corrected chi connectivity index (χ4v) is 3.62. The van der Waals surface area contributed by atoms with Gasteiger partial charge in [0.2, 0.25) is 0 Å². The maximum absolute atomic E-state index is 13.2. The first-order valence-corrected chi connectivity index (χ1v) is 10.5. The lowest BCUT2D eigenvalue weighted by molar-refractivity contribution is 0.0773. The van der Waals surface area contributed by atoms with Crippen molar-refractivity contribution in [2.24, 2.45) is 0 Å². The Morgan fingerprint density at radius 3 is 2.34 bits per heavy atom. The molecule has 2 aromatic carbocycles. The van der Waals surface area contributed by atoms with Crippen molar-refractivity contribution >= 4 is 28.6 Å². The minimum atomic E-state index is -0.302. The number of anilines is 1. The van der Waals surface area contributed by atoms with E-state index in [0.29, 0.717) is 52.4 Å². The number of aryl methyl sites for hydroxylation is 1. The van der Waals surface area contributed by atoms with E-state index in [2.05, 4.69) is 15.5 Å². The van der Waals surface area contributed by atoms with Crippen LogP contribution in [0.5, 0.6) is 0 Å². The molecule has 1 N–H and O–H groups in total. The molecule has 4 aromatic rings. The molecule has 0 aliphatic rings. The summed E-state index contributed by atoms with van der Waals surface area (Å²) in [6.07, 6.45) is 0. The minimum Gasteiger partial charge on any atom is -0.339 e. The zero-order valence-electron chi connectivity index (χ0n) is 18.3. The lowest BCUT2D eigenvalue weighted by atomic mass is 10.0. The fraction of sp³-hybridized carbons (Fsp3) is 0.200. The molecule has 162 valence electrons. The molecule has 0 radical (unpaired) electrons. The van der Waals surface area contributed by atoms with Crippen LogP contribution >= 0.6 is 0 Å². The van der Waals surface area contributed by atoms with E-state index in [0.717, 1.165) is 5.56 Å². The van der Waals surface area contributed by atoms with Gasteiger partial charge in [0.1, 0.15) is 0 Å². The number of amides is 2. The third-order valence-corrected chi connectivity index (χ3v) is 5.37. The second kappa shape index (κ2) is 9.01. The largest absolute Gasteiger partial charge is 0.339 e. The van der Waals surface area contributed by atoms with Gasteiger partial charge >= 0.3 is 0 Å². The molecule has 7 heteroatoms. The molecule has 7 nitrogen and oxygen atoms in total. The first-order valence-electron chi connectivity index (χ1n) is 10.5. The highest BCUT2D eigenvalue weighted by Crippen LogP contribution is 2.27. The zero-order valence-corrected chi connectivity index (χ0v) is 18.3. The predicted octanol–water partition coefficient (Wildman–Crippen LogP) is 4.93. The molecule has 0 atom stereocenters. The van der Waals surface area contributed by atoms with Crippen LogP contribution in [0.2, 0.25) is 0 Å². The Hall–Kier alpha value is -4.00. The maximum atomic E-state index is 13.2. The molecule has 0 bridgehead atoms. The van der Waals surface area contributed by atoms with E-state index in [1.165, 1.54) is 0 Å². The third-order valence-electron chi connectivity index (χ3n) is 5.37. The molecule has 32 heavy (non-hydrogen) atoms. The second-order valence-corrected chi connectivity index (χ2v) is 7.38. The molecular weight excluding hydrogens is 404 g/mol. The Labute approximate surface area is 186 Å². The predicted molar refractivity (Wildman–Crippen MR) is 124 cm³/mol. The van der Waals surface area contributed by atoms with Gasteiger partial charge in [0, 0.05) is 29.9 Å². The number of carbonyl (C=O) groups excluding carboxylic acids is 2. The van der Waals surface area contributed by atoms with Gasteiger partial charge in [0.15, 0.2) is 0 Å². The average molecular weight is 428 g/mol. The normalized spacial score (nSPS) is 10.8. The van der Waals surface area contributed by atoms with E-state index in [1.807, 2.05) is 44.2 Å². The van der Waals surface area contributed by atoms with E-state index in [-0.39, 0.29) is 11.8 Å². The van der Waals surface area contributed by atoms with E-state index in [1.54, 1.807) is 42.2 Å². The number of carbonyl (C=O) groups is 2. The van der Waals surface area contributed by atoms with Crippen molar-refractivity contribution in [2.45, 2.75) is 20.8 Å². The SMILES string of the molecule is CCN(CC)C(=O)c1ccc(NC(=O)c2cc(-c3ccccc3)nc3onc(C)c23)cc1. The molecule has 0 saturated carbocycles. The molecule has 2 aromatic heterocycles. The smallest absolute Gasteiger partial charge is 0.259 e. The molecule has 0 spiro atoms. The Morgan fingerprint density at radius 1 is 1.00 bits per heavy atom. The molecule has 2 amide bonds. The molecule has 0 aliphatic heterocycles. The highest BCUT2D eigenvalue weighted by molar-refractivity contribution is 6.13. The van der Waals surface area contributed by atoms with E-state index in [4.69, 9.17) is 4.52 Å². The van der Waals surface area contributed by atoms with Gasteiger partial charge in [-0.15, -0.1) is 0 Å². The van der Waals surface area contributed by atoms with Crippen molar-refractivity contribution in [3.63, 3.8) is 0 Å². The van der Waals surface area contributed by atoms with Gasteiger partial charge in [0.05, 0.1) is 22.3 Å². The Kier molecular flexibility index (Phi) is 5.98. The monoisotopic (exact) mass is 428 g/mol. The van der Waals surface area contributed by atoms with E-state index < -0.39 is 0 Å². The van der Waals surface area contributed by atoms with Crippen molar-refractivity contribution in [1.82, 2.24) is 15.0 Å². The van der Waals surface area contributed by atoms with Crippen LogP contribution < -0.4 is 5.32 Å². The number of hydrogen-bond donors (Lipinski definition) is 1. The number of benzene rings is 2. The summed E-state index contributed by atoms with van der Waals surface area (Å²) in [6.45, 7) is 6.96. The van der Waals surface area contributed by atoms with E-state index in [9.17, 15) is 9.59 Å². The summed E-state index contributed by atoms with van der Waals surface area (Å²) >= 11 is 0. The van der Waals surface area contributed by atoms with Crippen LogP contribution in [0.25, 0.3) is 22.4 Å². The fourth-order valence-electron chi connectivity index (χ4n) is 3.62. The van der Waals surface area contributed by atoms with Crippen LogP contribution in [0.3, 0.4) is 0 Å². The maximum Gasteiger partial charge on any atom is 0.259 e. The lowest BCUT2D eigenvalue weighted by Crippen LogP contribution is -2.30. The Morgan fingerprint density at radius 2 is 1.69 bits per heavy atom. The number of pyridine rings is 1. The van der Waals surface area contributed by atoms with Gasteiger partial charge in [-0.05, 0) is 51.1 Å². The summed E-state index contributed by atoms with van der Waals surface area (Å²) < 4.78 is 5.35. The van der Waals surface area contributed by atoms with Crippen molar-refractivity contribution in [3.05, 3.63) is 77.5 Å². The molecule has 0 saturated heterocycles. The van der Waals surface area contributed by atoms with Gasteiger partial charge in [0.25, 0.3) is 17.5 Å². The van der Waals surface area contributed by atoms with Crippen LogP contribution in [0.15, 0.2) is 65.2 Å². The number of fused-ring (bicyclic) bond motifs is 1. The van der Waals surface area contributed by atoms with Gasteiger partial charge in [-0.3, -0.25) is 9.59 Å². The van der Waals surface area contributed by atoms with Crippen LogP contribution in [0, 0.1) is 6.92 Å². The molecule has 0 unspecified atom stereocenters. The first-order chi connectivity index (χ1) is 15.5. The first kappa shape index (κ1) is 21.2. The van der Waals surface area contributed by atoms with Crippen LogP contribution in [0.1, 0.15) is 40.3 Å². The summed E-state index contributed by atoms with van der Waals surface area (Å²) in [4.78, 5) is 32.0. The third kappa shape index (κ3) is 4.09. The standard InChI is InChI=1S/C25H24N4O3/c1-4-29(5-2)25(31)18-11-13-19(14-12-18)26-23(30)20-15-21(17-9-7-6-8-10-17)27-24-22(20)16(3)28-32-24/h6-15H,4-5H2,1-3H3,(H,26,30). The Bertz CT molecular complexity index is 1260. The van der Waals surface area contributed by atoms with Crippen molar-refractivity contribution in [1.29, 1.82) is 0 Å². The summed E-state index contributed by atoms with van der Waals surface area (Å²) in [6, 6.07) is 18.2. The Balaban J connectivity index is 1.64. The average Bonchev–Trinajstić information content (AvgIpc) is 3.21. The molecule has 0 aliphatic carbocycles. The number of aromatic nitrogens is 2. The van der Waals surface area contributed by atoms with Gasteiger partial charge in [-0.25, -0.2) is 4.98 Å². The number of nitrogens with one attached hydrogen (secondary N) is 1. The minimum absolute atomic E-state index is 0.0312. The molecule has 4 rings (SSSR count). The quantitative estimate of drug-likeness (QED) is 0.470. The van der Waals surface area contributed by atoms with Crippen LogP contribution in [0.4, 0.5) is 5.69 Å². The number of hydrogen-bond acceptors (Lipinski definition) is 5. The highest BCUT2D eigenvalue weighted by Gasteiger charge is 2.20. The van der Waals surface area contributed by atoms with Crippen molar-refractivity contribution in [3.8, 4) is 11.3 Å². The van der Waals surface area contributed by atoms with Gasteiger partial charge < -0.3 is 14.7 Å². The topological polar surface area (TPSA) is 88.3 Å². The summed E-state index contributed by atoms with van der Waals surface area (Å²) in [5.41, 5.74) is 4.00. The summed E-state index contributed by atoms with van der Waals surface area (Å²) in [5, 5.41) is 7.47. The highest BCUT2D eigenvalue weighted by atomic mass is 16.5. The van der Waals surface area contributed by atoms with Gasteiger partial charge in [-0.2, -0.15) is 0 Å². The van der Waals surface area contributed by atoms with E-state index >= 15 is 0 Å². The molecule has 0 fully saturated rings. The van der Waals surface area contributed by atoms with Gasteiger partial charge in [-0.1, -0.05) is 35.5 Å². The number of nitrogens with zero attached hydrogens (tertiary/aromatic N) is 3. The van der Waals surface area contributed by atoms with Crippen LogP contribution in [-0.2, 0) is 0 Å². The zero-order chi connectivity index (χ0) is 22.7. The summed E-state index contributed by atoms with van der Waals surface area (Å²) in [7, 11) is 0. The number of rotatable bonds is 6. The van der Waals surface area contributed by atoms with Crippen LogP contribution in [-0.4, -0.2) is 39.9 Å². The summed E-state index contributed by atoms with van der Waals surface area (Å²) in [5.74, 6) is -0.333.